The summed E-state index contributed by atoms with van der Waals surface area (Å²) in [6.45, 7) is 5.61. The van der Waals surface area contributed by atoms with Crippen LogP contribution in [0, 0.1) is 5.82 Å². The molecular weight excluding hydrogens is 285 g/mol. The molecule has 6 heteroatoms. The van der Waals surface area contributed by atoms with Gasteiger partial charge in [-0.05, 0) is 23.6 Å². The van der Waals surface area contributed by atoms with E-state index in [1.807, 2.05) is 12.1 Å². The van der Waals surface area contributed by atoms with E-state index in [-0.39, 0.29) is 11.9 Å². The van der Waals surface area contributed by atoms with Gasteiger partial charge in [-0.2, -0.15) is 0 Å². The van der Waals surface area contributed by atoms with Gasteiger partial charge in [-0.3, -0.25) is 14.5 Å². The fourth-order valence-corrected chi connectivity index (χ4v) is 3.23. The molecule has 0 radical (unpaired) electrons. The Morgan fingerprint density at radius 3 is 2.73 bits per heavy atom. The van der Waals surface area contributed by atoms with Crippen molar-refractivity contribution < 1.29 is 14.0 Å². The van der Waals surface area contributed by atoms with E-state index in [4.69, 9.17) is 0 Å². The fourth-order valence-electron chi connectivity index (χ4n) is 3.23. The minimum atomic E-state index is -0.496. The quantitative estimate of drug-likeness (QED) is 0.831. The number of halogens is 1. The van der Waals surface area contributed by atoms with Crippen LogP contribution in [0.15, 0.2) is 24.3 Å². The molecule has 0 saturated carbocycles. The van der Waals surface area contributed by atoms with E-state index >= 15 is 0 Å². The highest BCUT2D eigenvalue weighted by atomic mass is 19.1. The molecule has 0 unspecified atom stereocenters. The Labute approximate surface area is 129 Å². The predicted octanol–water partition coefficient (Wildman–Crippen LogP) is 0.572. The second-order valence-corrected chi connectivity index (χ2v) is 6.07. The lowest BCUT2D eigenvalue weighted by Gasteiger charge is -2.44. The van der Waals surface area contributed by atoms with E-state index in [9.17, 15) is 14.0 Å². The van der Waals surface area contributed by atoms with Gasteiger partial charge in [0, 0.05) is 32.7 Å². The minimum absolute atomic E-state index is 0.0550. The molecule has 2 atom stereocenters. The number of amides is 2. The van der Waals surface area contributed by atoms with Gasteiger partial charge in [0.05, 0.1) is 6.04 Å². The first kappa shape index (κ1) is 15.0. The molecule has 2 heterocycles. The summed E-state index contributed by atoms with van der Waals surface area (Å²) in [4.78, 5) is 27.2. The lowest BCUT2D eigenvalue weighted by Crippen LogP contribution is -2.65. The van der Waals surface area contributed by atoms with Gasteiger partial charge in [0.15, 0.2) is 0 Å². The maximum Gasteiger partial charge on any atom is 0.312 e. The number of benzene rings is 1. The first-order chi connectivity index (χ1) is 10.5. The number of nitrogens with zero attached hydrogens (tertiary/aromatic N) is 2. The van der Waals surface area contributed by atoms with Crippen molar-refractivity contribution in [3.63, 3.8) is 0 Å². The lowest BCUT2D eigenvalue weighted by molar-refractivity contribution is -0.152. The average molecular weight is 305 g/mol. The molecule has 2 aliphatic rings. The summed E-state index contributed by atoms with van der Waals surface area (Å²) >= 11 is 0. The van der Waals surface area contributed by atoms with Gasteiger partial charge in [-0.15, -0.1) is 0 Å². The number of carbonyl (C=O) groups is 2. The second-order valence-electron chi connectivity index (χ2n) is 6.07. The zero-order valence-corrected chi connectivity index (χ0v) is 12.6. The topological polar surface area (TPSA) is 52.7 Å². The molecule has 0 spiro atoms. The van der Waals surface area contributed by atoms with Gasteiger partial charge in [-0.1, -0.05) is 19.1 Å². The largest absolute Gasteiger partial charge is 0.346 e. The molecule has 118 valence electrons. The Morgan fingerprint density at radius 2 is 2.00 bits per heavy atom. The van der Waals surface area contributed by atoms with Gasteiger partial charge in [0.2, 0.25) is 0 Å². The molecule has 1 aromatic carbocycles. The Hall–Kier alpha value is -1.95. The van der Waals surface area contributed by atoms with Crippen molar-refractivity contribution in [3.8, 4) is 0 Å². The third kappa shape index (κ3) is 2.97. The monoisotopic (exact) mass is 305 g/mol. The number of piperazine rings is 2. The summed E-state index contributed by atoms with van der Waals surface area (Å²) in [6.07, 6.45) is 0. The summed E-state index contributed by atoms with van der Waals surface area (Å²) < 4.78 is 13.0. The van der Waals surface area contributed by atoms with E-state index in [0.717, 1.165) is 25.2 Å². The number of hydrogen-bond donors (Lipinski definition) is 1. The average Bonchev–Trinajstić information content (AvgIpc) is 2.51. The van der Waals surface area contributed by atoms with E-state index in [1.165, 1.54) is 12.1 Å². The van der Waals surface area contributed by atoms with Crippen molar-refractivity contribution in [3.05, 3.63) is 35.6 Å². The van der Waals surface area contributed by atoms with Gasteiger partial charge >= 0.3 is 11.8 Å². The van der Waals surface area contributed by atoms with Crippen LogP contribution in [0.25, 0.3) is 0 Å². The van der Waals surface area contributed by atoms with Crippen LogP contribution in [0.4, 0.5) is 4.39 Å². The summed E-state index contributed by atoms with van der Waals surface area (Å²) in [6, 6.07) is 6.67. The maximum atomic E-state index is 13.0. The normalized spacial score (nSPS) is 23.9. The van der Waals surface area contributed by atoms with Crippen LogP contribution in [0.3, 0.4) is 0 Å². The van der Waals surface area contributed by atoms with Crippen LogP contribution in [-0.2, 0) is 9.59 Å². The van der Waals surface area contributed by atoms with Crippen molar-refractivity contribution in [1.82, 2.24) is 15.1 Å². The zero-order valence-electron chi connectivity index (χ0n) is 12.6. The van der Waals surface area contributed by atoms with Crippen molar-refractivity contribution in [2.24, 2.45) is 0 Å². The molecule has 3 rings (SSSR count). The number of nitrogens with one attached hydrogen (secondary N) is 1. The van der Waals surface area contributed by atoms with Gasteiger partial charge in [-0.25, -0.2) is 4.39 Å². The van der Waals surface area contributed by atoms with Crippen molar-refractivity contribution in [1.29, 1.82) is 0 Å². The first-order valence-corrected chi connectivity index (χ1v) is 7.61. The maximum absolute atomic E-state index is 13.0. The highest BCUT2D eigenvalue weighted by Gasteiger charge is 2.37. The number of rotatable bonds is 3. The molecule has 0 bridgehead atoms. The molecule has 5 nitrogen and oxygen atoms in total. The SMILES string of the molecule is C[C@H](CN1CCN2C(=O)C(=O)NC[C@@H]2C1)c1ccc(F)cc1. The van der Waals surface area contributed by atoms with Crippen molar-refractivity contribution in [2.75, 3.05) is 32.7 Å². The molecule has 2 saturated heterocycles. The minimum Gasteiger partial charge on any atom is -0.346 e. The number of fused-ring (bicyclic) bond motifs is 1. The molecule has 1 aromatic rings. The fraction of sp³-hybridized carbons (Fsp3) is 0.500. The van der Waals surface area contributed by atoms with Gasteiger partial charge in [0.25, 0.3) is 0 Å². The Morgan fingerprint density at radius 1 is 1.27 bits per heavy atom. The summed E-state index contributed by atoms with van der Waals surface area (Å²) in [5, 5.41) is 2.64. The third-order valence-electron chi connectivity index (χ3n) is 4.49. The molecule has 2 amide bonds. The Bertz CT molecular complexity index is 575. The predicted molar refractivity (Wildman–Crippen MR) is 79.8 cm³/mol. The van der Waals surface area contributed by atoms with Crippen LogP contribution in [-0.4, -0.2) is 60.4 Å². The Kier molecular flexibility index (Phi) is 4.11. The summed E-state index contributed by atoms with van der Waals surface area (Å²) in [5.74, 6) is -0.839. The standard InChI is InChI=1S/C16H20FN3O2/c1-11(12-2-4-13(17)5-3-12)9-19-6-7-20-14(10-19)8-18-15(21)16(20)22/h2-5,11,14H,6-10H2,1H3,(H,18,21)/t11-,14-/m1/s1. The second kappa shape index (κ2) is 6.04. The van der Waals surface area contributed by atoms with Crippen molar-refractivity contribution in [2.45, 2.75) is 18.9 Å². The summed E-state index contributed by atoms with van der Waals surface area (Å²) in [7, 11) is 0. The highest BCUT2D eigenvalue weighted by molar-refractivity contribution is 6.35. The van der Waals surface area contributed by atoms with E-state index in [1.54, 1.807) is 4.90 Å². The van der Waals surface area contributed by atoms with E-state index in [0.29, 0.717) is 19.0 Å². The van der Waals surface area contributed by atoms with Crippen LogP contribution >= 0.6 is 0 Å². The van der Waals surface area contributed by atoms with Crippen LogP contribution < -0.4 is 5.32 Å². The van der Waals surface area contributed by atoms with E-state index < -0.39 is 11.8 Å². The van der Waals surface area contributed by atoms with Gasteiger partial charge < -0.3 is 10.2 Å². The van der Waals surface area contributed by atoms with E-state index in [2.05, 4.69) is 17.1 Å². The van der Waals surface area contributed by atoms with Crippen LogP contribution in [0.5, 0.6) is 0 Å². The molecule has 22 heavy (non-hydrogen) atoms. The lowest BCUT2D eigenvalue weighted by atomic mass is 9.99. The zero-order chi connectivity index (χ0) is 15.7. The summed E-state index contributed by atoms with van der Waals surface area (Å²) in [5.41, 5.74) is 1.11. The Balaban J connectivity index is 1.60. The van der Waals surface area contributed by atoms with Crippen LogP contribution in [0.2, 0.25) is 0 Å². The first-order valence-electron chi connectivity index (χ1n) is 7.61. The molecule has 2 aliphatic heterocycles. The van der Waals surface area contributed by atoms with Gasteiger partial charge in [0.1, 0.15) is 5.82 Å². The molecular formula is C16H20FN3O2. The van der Waals surface area contributed by atoms with Crippen molar-refractivity contribution >= 4 is 11.8 Å². The smallest absolute Gasteiger partial charge is 0.312 e. The molecule has 0 aromatic heterocycles. The molecule has 2 fully saturated rings. The highest BCUT2D eigenvalue weighted by Crippen LogP contribution is 2.20. The van der Waals surface area contributed by atoms with Crippen LogP contribution in [0.1, 0.15) is 18.4 Å². The molecule has 0 aliphatic carbocycles. The molecule has 1 N–H and O–H groups in total. The number of carbonyl (C=O) groups excluding carboxylic acids is 2. The third-order valence-corrected chi connectivity index (χ3v) is 4.49. The number of hydrogen-bond acceptors (Lipinski definition) is 3.